The van der Waals surface area contributed by atoms with Crippen LogP contribution in [0.2, 0.25) is 0 Å². The van der Waals surface area contributed by atoms with Crippen molar-refractivity contribution in [1.29, 1.82) is 5.26 Å². The second-order valence-corrected chi connectivity index (χ2v) is 9.23. The average Bonchev–Trinajstić information content (AvgIpc) is 3.23. The number of aryl methyl sites for hydroxylation is 1. The summed E-state index contributed by atoms with van der Waals surface area (Å²) in [5.74, 6) is 0.287. The second kappa shape index (κ2) is 8.62. The van der Waals surface area contributed by atoms with Gasteiger partial charge in [-0.3, -0.25) is 14.5 Å². The predicted molar refractivity (Wildman–Crippen MR) is 125 cm³/mol. The summed E-state index contributed by atoms with van der Waals surface area (Å²) in [6.07, 6.45) is 3.00. The molecule has 4 rings (SSSR count). The van der Waals surface area contributed by atoms with Gasteiger partial charge in [0.1, 0.15) is 5.69 Å². The summed E-state index contributed by atoms with van der Waals surface area (Å²) in [7, 11) is 0. The number of hydrogen-bond donors (Lipinski definition) is 1. The number of likely N-dealkylation sites (tertiary alicyclic amines) is 1. The van der Waals surface area contributed by atoms with Crippen molar-refractivity contribution in [3.63, 3.8) is 0 Å². The zero-order chi connectivity index (χ0) is 23.0. The van der Waals surface area contributed by atoms with Crippen LogP contribution in [0.5, 0.6) is 0 Å². The molecule has 1 fully saturated rings. The zero-order valence-electron chi connectivity index (χ0n) is 19.3. The molecule has 1 aliphatic heterocycles. The van der Waals surface area contributed by atoms with Gasteiger partial charge in [-0.05, 0) is 63.4 Å². The third kappa shape index (κ3) is 4.05. The van der Waals surface area contributed by atoms with E-state index in [0.717, 1.165) is 41.0 Å². The van der Waals surface area contributed by atoms with Crippen LogP contribution in [0.25, 0.3) is 22.3 Å². The standard InChI is InChI=1S/C25H30N6O/c1-15(2)13-31-23-12-19(25(32)28-22-11-17(4)30(14-26)18(22)5)9-10-20(23)24(29-31)21-8-6-7-16(3)27-21/h6-10,12,15,17-18,22H,11,13H2,1-5H3,(H,28,32)/t17-,18+,22+/m0/s1. The summed E-state index contributed by atoms with van der Waals surface area (Å²) < 4.78 is 1.98. The Bertz CT molecular complexity index is 1190. The van der Waals surface area contributed by atoms with E-state index in [2.05, 4.69) is 30.3 Å². The Morgan fingerprint density at radius 3 is 2.72 bits per heavy atom. The maximum absolute atomic E-state index is 13.1. The van der Waals surface area contributed by atoms with Crippen molar-refractivity contribution in [3.8, 4) is 17.6 Å². The van der Waals surface area contributed by atoms with E-state index < -0.39 is 0 Å². The van der Waals surface area contributed by atoms with Gasteiger partial charge in [0, 0.05) is 29.2 Å². The quantitative estimate of drug-likeness (QED) is 0.615. The van der Waals surface area contributed by atoms with Gasteiger partial charge >= 0.3 is 0 Å². The van der Waals surface area contributed by atoms with Crippen LogP contribution in [-0.2, 0) is 6.54 Å². The Kier molecular flexibility index (Phi) is 5.88. The lowest BCUT2D eigenvalue weighted by molar-refractivity contribution is 0.0931. The zero-order valence-corrected chi connectivity index (χ0v) is 19.3. The van der Waals surface area contributed by atoms with Crippen LogP contribution in [0.15, 0.2) is 36.4 Å². The largest absolute Gasteiger partial charge is 0.347 e. The van der Waals surface area contributed by atoms with Crippen LogP contribution < -0.4 is 5.32 Å². The highest BCUT2D eigenvalue weighted by atomic mass is 16.1. The van der Waals surface area contributed by atoms with Gasteiger partial charge < -0.3 is 10.2 Å². The first kappa shape index (κ1) is 21.8. The van der Waals surface area contributed by atoms with Crippen LogP contribution >= 0.6 is 0 Å². The molecular formula is C25H30N6O. The second-order valence-electron chi connectivity index (χ2n) is 9.23. The molecule has 3 aromatic rings. The van der Waals surface area contributed by atoms with E-state index in [1.54, 1.807) is 4.90 Å². The molecule has 32 heavy (non-hydrogen) atoms. The molecule has 1 N–H and O–H groups in total. The first-order valence-corrected chi connectivity index (χ1v) is 11.2. The summed E-state index contributed by atoms with van der Waals surface area (Å²) in [5.41, 5.74) is 4.13. The molecule has 1 aromatic carbocycles. The molecule has 0 saturated carbocycles. The number of nitrogens with zero attached hydrogens (tertiary/aromatic N) is 5. The molecular weight excluding hydrogens is 400 g/mol. The minimum atomic E-state index is -0.122. The Balaban J connectivity index is 1.68. The number of fused-ring (bicyclic) bond motifs is 1. The lowest BCUT2D eigenvalue weighted by atomic mass is 10.1. The number of nitrogens with one attached hydrogen (secondary N) is 1. The van der Waals surface area contributed by atoms with E-state index >= 15 is 0 Å². The van der Waals surface area contributed by atoms with Gasteiger partial charge in [0.15, 0.2) is 6.19 Å². The van der Waals surface area contributed by atoms with Crippen LogP contribution in [0, 0.1) is 24.3 Å². The SMILES string of the molecule is Cc1cccc(-c2nn(CC(C)C)c3cc(C(=O)N[C@@H]4C[C@H](C)N(C#N)[C@@H]4C)ccc23)n1. The van der Waals surface area contributed by atoms with E-state index in [1.807, 2.05) is 61.9 Å². The van der Waals surface area contributed by atoms with E-state index in [1.165, 1.54) is 0 Å². The molecule has 7 heteroatoms. The van der Waals surface area contributed by atoms with E-state index in [4.69, 9.17) is 5.10 Å². The van der Waals surface area contributed by atoms with Crippen molar-refractivity contribution < 1.29 is 4.79 Å². The molecule has 1 saturated heterocycles. The Hall–Kier alpha value is -3.40. The summed E-state index contributed by atoms with van der Waals surface area (Å²) in [4.78, 5) is 19.5. The smallest absolute Gasteiger partial charge is 0.251 e. The first-order chi connectivity index (χ1) is 15.3. The van der Waals surface area contributed by atoms with Gasteiger partial charge in [-0.2, -0.15) is 10.4 Å². The van der Waals surface area contributed by atoms with Crippen molar-refractivity contribution in [1.82, 2.24) is 25.0 Å². The number of aromatic nitrogens is 3. The first-order valence-electron chi connectivity index (χ1n) is 11.2. The molecule has 0 bridgehead atoms. The molecule has 0 unspecified atom stereocenters. The molecule has 0 spiro atoms. The molecule has 1 amide bonds. The van der Waals surface area contributed by atoms with Crippen molar-refractivity contribution in [3.05, 3.63) is 47.7 Å². The number of carbonyl (C=O) groups is 1. The van der Waals surface area contributed by atoms with Crippen LogP contribution in [0.4, 0.5) is 0 Å². The van der Waals surface area contributed by atoms with Crippen LogP contribution in [0.3, 0.4) is 0 Å². The molecule has 3 atom stereocenters. The van der Waals surface area contributed by atoms with Crippen LogP contribution in [0.1, 0.15) is 50.2 Å². The maximum atomic E-state index is 13.1. The molecule has 0 aliphatic carbocycles. The molecule has 166 valence electrons. The molecule has 1 aliphatic rings. The molecule has 7 nitrogen and oxygen atoms in total. The number of amides is 1. The maximum Gasteiger partial charge on any atom is 0.251 e. The topological polar surface area (TPSA) is 86.8 Å². The van der Waals surface area contributed by atoms with Gasteiger partial charge in [0.25, 0.3) is 5.91 Å². The Morgan fingerprint density at radius 2 is 2.06 bits per heavy atom. The third-order valence-corrected chi connectivity index (χ3v) is 6.21. The van der Waals surface area contributed by atoms with Crippen LogP contribution in [-0.4, -0.2) is 43.7 Å². The fourth-order valence-electron chi connectivity index (χ4n) is 4.56. The number of hydrogen-bond acceptors (Lipinski definition) is 5. The minimum absolute atomic E-state index is 0.0202. The number of pyridine rings is 1. The van der Waals surface area contributed by atoms with Crippen molar-refractivity contribution in [2.45, 2.75) is 65.7 Å². The molecule has 2 aromatic heterocycles. The number of carbonyl (C=O) groups excluding carboxylic acids is 1. The lowest BCUT2D eigenvalue weighted by Gasteiger charge is -2.21. The summed E-state index contributed by atoms with van der Waals surface area (Å²) in [5, 5.41) is 18.3. The monoisotopic (exact) mass is 430 g/mol. The fraction of sp³-hybridized carbons (Fsp3) is 0.440. The van der Waals surface area contributed by atoms with Crippen molar-refractivity contribution >= 4 is 16.8 Å². The average molecular weight is 431 g/mol. The molecule has 3 heterocycles. The van der Waals surface area contributed by atoms with Gasteiger partial charge in [-0.1, -0.05) is 19.9 Å². The van der Waals surface area contributed by atoms with E-state index in [-0.39, 0.29) is 24.0 Å². The summed E-state index contributed by atoms with van der Waals surface area (Å²) >= 11 is 0. The fourth-order valence-corrected chi connectivity index (χ4v) is 4.56. The lowest BCUT2D eigenvalue weighted by Crippen LogP contribution is -2.42. The van der Waals surface area contributed by atoms with Gasteiger partial charge in [0.05, 0.1) is 23.3 Å². The number of rotatable bonds is 5. The molecule has 0 radical (unpaired) electrons. The highest BCUT2D eigenvalue weighted by Gasteiger charge is 2.36. The van der Waals surface area contributed by atoms with Crippen molar-refractivity contribution in [2.75, 3.05) is 0 Å². The third-order valence-electron chi connectivity index (χ3n) is 6.21. The Morgan fingerprint density at radius 1 is 1.28 bits per heavy atom. The highest BCUT2D eigenvalue weighted by molar-refractivity contribution is 6.01. The van der Waals surface area contributed by atoms with E-state index in [9.17, 15) is 10.1 Å². The van der Waals surface area contributed by atoms with Crippen molar-refractivity contribution in [2.24, 2.45) is 5.92 Å². The highest BCUT2D eigenvalue weighted by Crippen LogP contribution is 2.29. The van der Waals surface area contributed by atoms with Gasteiger partial charge in [-0.25, -0.2) is 0 Å². The minimum Gasteiger partial charge on any atom is -0.347 e. The Labute approximate surface area is 189 Å². The predicted octanol–water partition coefficient (Wildman–Crippen LogP) is 4.12. The normalized spacial score (nSPS) is 20.7. The summed E-state index contributed by atoms with van der Waals surface area (Å²) in [6.45, 7) is 11.0. The van der Waals surface area contributed by atoms with E-state index in [0.29, 0.717) is 11.5 Å². The van der Waals surface area contributed by atoms with Gasteiger partial charge in [0.2, 0.25) is 0 Å². The number of nitriles is 1. The summed E-state index contributed by atoms with van der Waals surface area (Å²) in [6, 6.07) is 11.7. The van der Waals surface area contributed by atoms with Gasteiger partial charge in [-0.15, -0.1) is 0 Å². The number of benzene rings is 1.